The molecule has 0 radical (unpaired) electrons. The Morgan fingerprint density at radius 3 is 2.09 bits per heavy atom. The van der Waals surface area contributed by atoms with Gasteiger partial charge in [-0.2, -0.15) is 13.2 Å². The van der Waals surface area contributed by atoms with E-state index < -0.39 is 43.4 Å². The summed E-state index contributed by atoms with van der Waals surface area (Å²) in [5.41, 5.74) is -1.87. The number of ether oxygens (including phenoxy) is 3. The van der Waals surface area contributed by atoms with E-state index in [1.807, 2.05) is 41.5 Å². The molecule has 2 aromatic carbocycles. The number of nitrogens with zero attached hydrogens (tertiary/aromatic N) is 1. The first-order valence-electron chi connectivity index (χ1n) is 14.8. The maximum absolute atomic E-state index is 14.1. The SMILES string of the molecule is CC1=NC(CCc2ccc(OCCCc3cccc(OC(F)(F)F)c3)c(C(F)(F)F)c2)(COP(OC(C)(C)C)OC(C)(C)C)CO1. The van der Waals surface area contributed by atoms with E-state index >= 15 is 0 Å². The lowest BCUT2D eigenvalue weighted by Crippen LogP contribution is -2.35. The van der Waals surface area contributed by atoms with Crippen LogP contribution in [0.1, 0.15) is 78.0 Å². The van der Waals surface area contributed by atoms with Crippen molar-refractivity contribution in [3.05, 3.63) is 59.2 Å². The van der Waals surface area contributed by atoms with Crippen LogP contribution < -0.4 is 9.47 Å². The summed E-state index contributed by atoms with van der Waals surface area (Å²) in [6.07, 6.45) is -8.35. The van der Waals surface area contributed by atoms with Crippen LogP contribution in [0.25, 0.3) is 0 Å². The molecule has 0 amide bonds. The number of aliphatic imine (C=N–C) groups is 1. The third-order valence-corrected chi connectivity index (χ3v) is 8.04. The highest BCUT2D eigenvalue weighted by Gasteiger charge is 2.39. The molecule has 1 unspecified atom stereocenters. The first-order chi connectivity index (χ1) is 21.1. The minimum absolute atomic E-state index is 0.0746. The van der Waals surface area contributed by atoms with Crippen LogP contribution in [0.2, 0.25) is 0 Å². The summed E-state index contributed by atoms with van der Waals surface area (Å²) in [5, 5.41) is 0. The molecule has 1 aliphatic rings. The molecular weight excluding hydrogens is 639 g/mol. The van der Waals surface area contributed by atoms with Crippen molar-refractivity contribution in [3.8, 4) is 11.5 Å². The lowest BCUT2D eigenvalue weighted by atomic mass is 9.93. The van der Waals surface area contributed by atoms with Crippen molar-refractivity contribution < 1.29 is 54.1 Å². The van der Waals surface area contributed by atoms with Crippen LogP contribution in [0.3, 0.4) is 0 Å². The molecule has 0 N–H and O–H groups in total. The van der Waals surface area contributed by atoms with E-state index in [2.05, 4.69) is 9.73 Å². The molecule has 3 rings (SSSR count). The van der Waals surface area contributed by atoms with E-state index in [0.717, 1.165) is 6.07 Å². The van der Waals surface area contributed by atoms with Gasteiger partial charge in [-0.3, -0.25) is 0 Å². The second-order valence-corrected chi connectivity index (χ2v) is 14.1. The van der Waals surface area contributed by atoms with Gasteiger partial charge in [-0.1, -0.05) is 18.2 Å². The summed E-state index contributed by atoms with van der Waals surface area (Å²) in [6, 6.07) is 9.35. The third-order valence-electron chi connectivity index (χ3n) is 6.31. The quantitative estimate of drug-likeness (QED) is 0.112. The van der Waals surface area contributed by atoms with Crippen molar-refractivity contribution in [2.75, 3.05) is 19.8 Å². The summed E-state index contributed by atoms with van der Waals surface area (Å²) in [7, 11) is -1.76. The Morgan fingerprint density at radius 1 is 0.870 bits per heavy atom. The molecule has 0 aliphatic carbocycles. The predicted octanol–water partition coefficient (Wildman–Crippen LogP) is 9.61. The van der Waals surface area contributed by atoms with Crippen molar-refractivity contribution in [1.29, 1.82) is 0 Å². The molecule has 1 heterocycles. The minimum atomic E-state index is -4.82. The smallest absolute Gasteiger partial charge is 0.493 e. The number of hydrogen-bond donors (Lipinski definition) is 0. The summed E-state index contributed by atoms with van der Waals surface area (Å²) in [6.45, 7) is 13.2. The first-order valence-corrected chi connectivity index (χ1v) is 15.9. The van der Waals surface area contributed by atoms with Gasteiger partial charge in [0.15, 0.2) is 5.90 Å². The highest BCUT2D eigenvalue weighted by atomic mass is 31.2. The fourth-order valence-corrected chi connectivity index (χ4v) is 5.80. The molecule has 1 aliphatic heterocycles. The number of aryl methyl sites for hydroxylation is 2. The number of halogens is 6. The van der Waals surface area contributed by atoms with Crippen molar-refractivity contribution in [2.24, 2.45) is 4.99 Å². The van der Waals surface area contributed by atoms with Crippen molar-refractivity contribution in [3.63, 3.8) is 0 Å². The molecule has 14 heteroatoms. The van der Waals surface area contributed by atoms with Crippen LogP contribution in [-0.4, -0.2) is 48.8 Å². The van der Waals surface area contributed by atoms with Gasteiger partial charge in [0.1, 0.15) is 23.6 Å². The second-order valence-electron chi connectivity index (χ2n) is 13.0. The van der Waals surface area contributed by atoms with Crippen LogP contribution in [0, 0.1) is 0 Å². The van der Waals surface area contributed by atoms with Gasteiger partial charge < -0.3 is 27.8 Å². The molecular formula is C32H42F6NO6P. The van der Waals surface area contributed by atoms with E-state index in [9.17, 15) is 26.3 Å². The zero-order chi connectivity index (χ0) is 34.4. The Labute approximate surface area is 267 Å². The van der Waals surface area contributed by atoms with Crippen LogP contribution in [-0.2, 0) is 37.3 Å². The first kappa shape index (κ1) is 37.9. The van der Waals surface area contributed by atoms with E-state index in [1.165, 1.54) is 24.3 Å². The molecule has 46 heavy (non-hydrogen) atoms. The average Bonchev–Trinajstić information content (AvgIpc) is 3.27. The minimum Gasteiger partial charge on any atom is -0.493 e. The Kier molecular flexibility index (Phi) is 12.4. The number of rotatable bonds is 14. The molecule has 2 aromatic rings. The van der Waals surface area contributed by atoms with Gasteiger partial charge in [0.2, 0.25) is 0 Å². The van der Waals surface area contributed by atoms with E-state index in [-0.39, 0.29) is 50.6 Å². The molecule has 1 atom stereocenters. The molecule has 0 aromatic heterocycles. The van der Waals surface area contributed by atoms with Crippen molar-refractivity contribution >= 4 is 14.5 Å². The summed E-state index contributed by atoms with van der Waals surface area (Å²) in [4.78, 5) is 4.64. The monoisotopic (exact) mass is 681 g/mol. The van der Waals surface area contributed by atoms with E-state index in [1.54, 1.807) is 19.1 Å². The fraction of sp³-hybridized carbons (Fsp3) is 0.594. The maximum atomic E-state index is 14.1. The van der Waals surface area contributed by atoms with Gasteiger partial charge in [0.25, 0.3) is 0 Å². The van der Waals surface area contributed by atoms with Gasteiger partial charge in [-0.25, -0.2) is 4.99 Å². The number of alkyl halides is 6. The topological polar surface area (TPSA) is 67.7 Å². The molecule has 0 fully saturated rings. The van der Waals surface area contributed by atoms with Crippen molar-refractivity contribution in [1.82, 2.24) is 0 Å². The summed E-state index contributed by atoms with van der Waals surface area (Å²) >= 11 is 0. The van der Waals surface area contributed by atoms with Gasteiger partial charge in [0, 0.05) is 6.92 Å². The molecule has 0 saturated heterocycles. The van der Waals surface area contributed by atoms with Gasteiger partial charge in [-0.05, 0) is 103 Å². The summed E-state index contributed by atoms with van der Waals surface area (Å²) < 4.78 is 113. The van der Waals surface area contributed by atoms with Gasteiger partial charge in [0.05, 0.1) is 30.0 Å². The normalized spacial score (nSPS) is 17.7. The molecule has 0 saturated carbocycles. The highest BCUT2D eigenvalue weighted by Crippen LogP contribution is 2.48. The molecule has 0 spiro atoms. The largest absolute Gasteiger partial charge is 0.573 e. The van der Waals surface area contributed by atoms with Gasteiger partial charge >= 0.3 is 21.1 Å². The number of benzene rings is 2. The van der Waals surface area contributed by atoms with Gasteiger partial charge in [-0.15, -0.1) is 13.2 Å². The second kappa shape index (κ2) is 15.1. The predicted molar refractivity (Wildman–Crippen MR) is 163 cm³/mol. The van der Waals surface area contributed by atoms with Crippen LogP contribution in [0.4, 0.5) is 26.3 Å². The third kappa shape index (κ3) is 13.3. The Bertz CT molecular complexity index is 1310. The maximum Gasteiger partial charge on any atom is 0.573 e. The number of hydrogen-bond acceptors (Lipinski definition) is 7. The van der Waals surface area contributed by atoms with E-state index in [0.29, 0.717) is 23.4 Å². The Balaban J connectivity index is 1.66. The average molecular weight is 682 g/mol. The lowest BCUT2D eigenvalue weighted by Gasteiger charge is -2.32. The van der Waals surface area contributed by atoms with Crippen LogP contribution in [0.5, 0.6) is 11.5 Å². The fourth-order valence-electron chi connectivity index (χ4n) is 4.42. The Hall–Kier alpha value is -2.60. The molecule has 258 valence electrons. The molecule has 7 nitrogen and oxygen atoms in total. The Morgan fingerprint density at radius 2 is 1.52 bits per heavy atom. The summed E-state index contributed by atoms with van der Waals surface area (Å²) in [5.74, 6) is -0.233. The zero-order valence-electron chi connectivity index (χ0n) is 27.1. The molecule has 0 bridgehead atoms. The van der Waals surface area contributed by atoms with Crippen LogP contribution in [0.15, 0.2) is 47.5 Å². The van der Waals surface area contributed by atoms with E-state index in [4.69, 9.17) is 23.0 Å². The highest BCUT2D eigenvalue weighted by molar-refractivity contribution is 7.41. The van der Waals surface area contributed by atoms with Crippen LogP contribution >= 0.6 is 8.60 Å². The van der Waals surface area contributed by atoms with Crippen molar-refractivity contribution in [2.45, 2.75) is 103 Å². The standard InChI is InChI=1S/C32H42F6NO6P/c1-22-39-30(20-41-22,21-42-46(44-28(2,3)4)45-29(5,6)7)16-15-24-13-14-27(26(19-24)31(33,34)35)40-17-9-11-23-10-8-12-25(18-23)43-32(36,37)38/h8,10,12-14,18-19H,9,11,15-17,20-21H2,1-7H3. The zero-order valence-corrected chi connectivity index (χ0v) is 28.0. The lowest BCUT2D eigenvalue weighted by molar-refractivity contribution is -0.274.